The predicted octanol–water partition coefficient (Wildman–Crippen LogP) is 4.22. The standard InChI is InChI=1S/C35H66N6O9/c1-3-4-5-6-7-8-12-19-33(45)39(48)27-17-10-14-25-37-31(43)21-23-35(47)41(50)29-18-11-15-26-38-32(44)20-22-34(46)40(49)28-16-9-13-24-36-30(2)42/h48-50H,3-29H2,1-2H3,(H,36,42)(H,37,43)(H,38,44). The second-order valence-electron chi connectivity index (χ2n) is 12.8. The van der Waals surface area contributed by atoms with E-state index in [0.29, 0.717) is 74.7 Å². The van der Waals surface area contributed by atoms with E-state index in [0.717, 1.165) is 43.6 Å². The minimum absolute atomic E-state index is 0.0457. The van der Waals surface area contributed by atoms with Crippen LogP contribution in [0.25, 0.3) is 0 Å². The molecule has 6 N–H and O–H groups in total. The second kappa shape index (κ2) is 31.7. The number of rotatable bonds is 32. The van der Waals surface area contributed by atoms with Gasteiger partial charge in [0.05, 0.1) is 0 Å². The van der Waals surface area contributed by atoms with Crippen molar-refractivity contribution in [2.45, 2.75) is 149 Å². The Hall–Kier alpha value is -3.30. The lowest BCUT2D eigenvalue weighted by Gasteiger charge is -2.15. The predicted molar refractivity (Wildman–Crippen MR) is 188 cm³/mol. The molecule has 0 aliphatic carbocycles. The fourth-order valence-corrected chi connectivity index (χ4v) is 5.02. The van der Waals surface area contributed by atoms with Crippen LogP contribution in [0.15, 0.2) is 0 Å². The number of hydrogen-bond donors (Lipinski definition) is 6. The average molecular weight is 715 g/mol. The van der Waals surface area contributed by atoms with Crippen LogP contribution < -0.4 is 16.0 Å². The SMILES string of the molecule is CCCCCCCCCC(=O)N(O)CCCCCNC(=O)CCC(=O)N(O)CCCCCNC(=O)CCC(=O)N(O)CCCCCNC(C)=O. The van der Waals surface area contributed by atoms with Crippen LogP contribution in [0, 0.1) is 0 Å². The van der Waals surface area contributed by atoms with Crippen molar-refractivity contribution in [2.24, 2.45) is 0 Å². The summed E-state index contributed by atoms with van der Waals surface area (Å²) in [6.07, 6.45) is 13.7. The number of hydrogen-bond acceptors (Lipinski definition) is 9. The highest BCUT2D eigenvalue weighted by Crippen LogP contribution is 2.10. The molecule has 0 aliphatic heterocycles. The van der Waals surface area contributed by atoms with Crippen molar-refractivity contribution in [2.75, 3.05) is 39.3 Å². The smallest absolute Gasteiger partial charge is 0.246 e. The Morgan fingerprint density at radius 2 is 0.760 bits per heavy atom. The molecule has 0 rings (SSSR count). The van der Waals surface area contributed by atoms with E-state index in [1.807, 2.05) is 0 Å². The highest BCUT2D eigenvalue weighted by atomic mass is 16.5. The first-order valence-electron chi connectivity index (χ1n) is 18.7. The van der Waals surface area contributed by atoms with Gasteiger partial charge in [-0.15, -0.1) is 0 Å². The maximum atomic E-state index is 12.1. The molecule has 0 bridgehead atoms. The van der Waals surface area contributed by atoms with E-state index in [4.69, 9.17) is 0 Å². The van der Waals surface area contributed by atoms with E-state index >= 15 is 0 Å². The number of nitrogens with one attached hydrogen (secondary N) is 3. The molecule has 0 spiro atoms. The van der Waals surface area contributed by atoms with Crippen LogP contribution in [0.1, 0.15) is 149 Å². The van der Waals surface area contributed by atoms with Gasteiger partial charge in [0.1, 0.15) is 0 Å². The van der Waals surface area contributed by atoms with Gasteiger partial charge in [-0.1, -0.05) is 45.4 Å². The van der Waals surface area contributed by atoms with Crippen LogP contribution >= 0.6 is 0 Å². The van der Waals surface area contributed by atoms with Crippen molar-refractivity contribution in [1.82, 2.24) is 31.1 Å². The summed E-state index contributed by atoms with van der Waals surface area (Å²) in [4.78, 5) is 71.0. The van der Waals surface area contributed by atoms with Crippen LogP contribution in [-0.4, -0.2) is 106 Å². The fourth-order valence-electron chi connectivity index (χ4n) is 5.02. The maximum absolute atomic E-state index is 12.1. The van der Waals surface area contributed by atoms with Gasteiger partial charge in [0.15, 0.2) is 0 Å². The maximum Gasteiger partial charge on any atom is 0.246 e. The molecule has 0 saturated carbocycles. The van der Waals surface area contributed by atoms with Gasteiger partial charge in [-0.3, -0.25) is 44.4 Å². The molecule has 0 saturated heterocycles. The molecule has 15 nitrogen and oxygen atoms in total. The van der Waals surface area contributed by atoms with Crippen molar-refractivity contribution >= 4 is 35.4 Å². The van der Waals surface area contributed by atoms with E-state index in [-0.39, 0.29) is 68.9 Å². The van der Waals surface area contributed by atoms with Crippen molar-refractivity contribution in [3.8, 4) is 0 Å². The number of amides is 6. The minimum atomic E-state index is -0.551. The zero-order valence-corrected chi connectivity index (χ0v) is 30.7. The lowest BCUT2D eigenvalue weighted by molar-refractivity contribution is -0.166. The van der Waals surface area contributed by atoms with Crippen LogP contribution in [-0.2, 0) is 28.8 Å². The molecule has 50 heavy (non-hydrogen) atoms. The lowest BCUT2D eigenvalue weighted by atomic mass is 10.1. The van der Waals surface area contributed by atoms with E-state index < -0.39 is 11.8 Å². The Kier molecular flexibility index (Phi) is 29.6. The molecular formula is C35H66N6O9. The first kappa shape index (κ1) is 46.7. The number of nitrogens with zero attached hydrogens (tertiary/aromatic N) is 3. The summed E-state index contributed by atoms with van der Waals surface area (Å²) in [5, 5.41) is 39.9. The molecule has 0 atom stereocenters. The molecule has 0 unspecified atom stereocenters. The first-order chi connectivity index (χ1) is 24.0. The highest BCUT2D eigenvalue weighted by molar-refractivity contribution is 5.83. The number of hydroxylamine groups is 6. The topological polar surface area (TPSA) is 209 Å². The van der Waals surface area contributed by atoms with Crippen molar-refractivity contribution in [3.63, 3.8) is 0 Å². The second-order valence-corrected chi connectivity index (χ2v) is 12.8. The minimum Gasteiger partial charge on any atom is -0.356 e. The van der Waals surface area contributed by atoms with Crippen LogP contribution in [0.5, 0.6) is 0 Å². The fraction of sp³-hybridized carbons (Fsp3) is 0.829. The normalized spacial score (nSPS) is 10.7. The Morgan fingerprint density at radius 1 is 0.420 bits per heavy atom. The molecule has 0 aromatic rings. The summed E-state index contributed by atoms with van der Waals surface area (Å²) < 4.78 is 0. The molecule has 0 heterocycles. The van der Waals surface area contributed by atoms with Crippen LogP contribution in [0.3, 0.4) is 0 Å². The summed E-state index contributed by atoms with van der Waals surface area (Å²) in [7, 11) is 0. The summed E-state index contributed by atoms with van der Waals surface area (Å²) in [6.45, 7) is 5.49. The molecule has 0 fully saturated rings. The largest absolute Gasteiger partial charge is 0.356 e. The molecular weight excluding hydrogens is 648 g/mol. The molecule has 0 radical (unpaired) electrons. The Balaban J connectivity index is 3.76. The van der Waals surface area contributed by atoms with Gasteiger partial charge in [-0.05, 0) is 64.2 Å². The van der Waals surface area contributed by atoms with Gasteiger partial charge in [0, 0.05) is 78.3 Å². The van der Waals surface area contributed by atoms with Gasteiger partial charge >= 0.3 is 0 Å². The van der Waals surface area contributed by atoms with Crippen molar-refractivity contribution in [1.29, 1.82) is 0 Å². The van der Waals surface area contributed by atoms with Crippen LogP contribution in [0.2, 0.25) is 0 Å². The highest BCUT2D eigenvalue weighted by Gasteiger charge is 2.15. The summed E-state index contributed by atoms with van der Waals surface area (Å²) in [5.41, 5.74) is 0. The van der Waals surface area contributed by atoms with Gasteiger partial charge in [-0.2, -0.15) is 0 Å². The Morgan fingerprint density at radius 3 is 1.16 bits per heavy atom. The Bertz CT molecular complexity index is 969. The van der Waals surface area contributed by atoms with Gasteiger partial charge in [0.25, 0.3) is 0 Å². The third-order valence-electron chi connectivity index (χ3n) is 8.15. The summed E-state index contributed by atoms with van der Waals surface area (Å²) in [5.74, 6) is -2.03. The van der Waals surface area contributed by atoms with Gasteiger partial charge in [-0.25, -0.2) is 15.2 Å². The van der Waals surface area contributed by atoms with Crippen molar-refractivity contribution in [3.05, 3.63) is 0 Å². The summed E-state index contributed by atoms with van der Waals surface area (Å²) >= 11 is 0. The molecule has 0 aromatic heterocycles. The molecule has 0 aliphatic rings. The first-order valence-corrected chi connectivity index (χ1v) is 18.7. The Labute approximate surface area is 298 Å². The molecule has 0 aromatic carbocycles. The van der Waals surface area contributed by atoms with Crippen molar-refractivity contribution < 1.29 is 44.4 Å². The molecule has 290 valence electrons. The van der Waals surface area contributed by atoms with E-state index in [1.54, 1.807) is 0 Å². The zero-order valence-electron chi connectivity index (χ0n) is 30.7. The third kappa shape index (κ3) is 28.5. The average Bonchev–Trinajstić information content (AvgIpc) is 3.09. The number of unbranched alkanes of at least 4 members (excludes halogenated alkanes) is 12. The monoisotopic (exact) mass is 714 g/mol. The lowest BCUT2D eigenvalue weighted by Crippen LogP contribution is -2.31. The van der Waals surface area contributed by atoms with E-state index in [1.165, 1.54) is 32.6 Å². The van der Waals surface area contributed by atoms with Gasteiger partial charge in [0.2, 0.25) is 35.4 Å². The summed E-state index contributed by atoms with van der Waals surface area (Å²) in [6, 6.07) is 0. The van der Waals surface area contributed by atoms with Gasteiger partial charge < -0.3 is 16.0 Å². The zero-order chi connectivity index (χ0) is 37.4. The molecule has 6 amide bonds. The number of carbonyl (C=O) groups excluding carboxylic acids is 6. The third-order valence-corrected chi connectivity index (χ3v) is 8.15. The van der Waals surface area contributed by atoms with E-state index in [2.05, 4.69) is 22.9 Å². The van der Waals surface area contributed by atoms with Crippen LogP contribution in [0.4, 0.5) is 0 Å². The van der Waals surface area contributed by atoms with E-state index in [9.17, 15) is 44.4 Å². The number of carbonyl (C=O) groups is 6. The quantitative estimate of drug-likeness (QED) is 0.0334. The molecule has 15 heteroatoms.